The molecule has 1 aromatic rings. The number of hydrogen-bond donors (Lipinski definition) is 2. The first-order valence-corrected chi connectivity index (χ1v) is 8.42. The van der Waals surface area contributed by atoms with Crippen molar-refractivity contribution in [1.82, 2.24) is 10.2 Å². The molecule has 0 aromatic heterocycles. The number of carboxylic acids is 1. The molecule has 1 aliphatic rings. The fraction of sp³-hybridized carbons (Fsp3) is 0.556. The van der Waals surface area contributed by atoms with Crippen molar-refractivity contribution in [2.75, 3.05) is 33.9 Å². The molecule has 0 spiro atoms. The smallest absolute Gasteiger partial charge is 0.317 e. The predicted molar refractivity (Wildman–Crippen MR) is 93.1 cm³/mol. The van der Waals surface area contributed by atoms with E-state index in [4.69, 9.17) is 9.47 Å². The standard InChI is InChI=1S/C18H26N2O5/c1-12-7-9-20(11-15(12)17(21)22)18(23)19-8-6-13-10-14(24-2)4-5-16(13)25-3/h4-5,10,12,15H,6-9,11H2,1-3H3,(H,19,23)(H,21,22). The number of urea groups is 1. The van der Waals surface area contributed by atoms with Gasteiger partial charge in [-0.2, -0.15) is 0 Å². The number of piperidine rings is 1. The molecule has 0 bridgehead atoms. The van der Waals surface area contributed by atoms with Crippen LogP contribution in [0.15, 0.2) is 18.2 Å². The van der Waals surface area contributed by atoms with Crippen molar-refractivity contribution in [3.63, 3.8) is 0 Å². The SMILES string of the molecule is COc1ccc(OC)c(CCNC(=O)N2CCC(C)C(C(=O)O)C2)c1. The first kappa shape index (κ1) is 18.9. The number of likely N-dealkylation sites (tertiary alicyclic amines) is 1. The molecule has 138 valence electrons. The number of methoxy groups -OCH3 is 2. The lowest BCUT2D eigenvalue weighted by Gasteiger charge is -2.34. The van der Waals surface area contributed by atoms with E-state index < -0.39 is 11.9 Å². The van der Waals surface area contributed by atoms with Crippen LogP contribution in [0.1, 0.15) is 18.9 Å². The Morgan fingerprint density at radius 3 is 2.72 bits per heavy atom. The van der Waals surface area contributed by atoms with Crippen LogP contribution in [-0.2, 0) is 11.2 Å². The van der Waals surface area contributed by atoms with Crippen molar-refractivity contribution in [2.45, 2.75) is 19.8 Å². The van der Waals surface area contributed by atoms with Gasteiger partial charge in [-0.05, 0) is 42.5 Å². The molecule has 2 N–H and O–H groups in total. The number of nitrogens with zero attached hydrogens (tertiary/aromatic N) is 1. The van der Waals surface area contributed by atoms with Crippen molar-refractivity contribution in [3.05, 3.63) is 23.8 Å². The number of hydrogen-bond acceptors (Lipinski definition) is 4. The molecule has 2 atom stereocenters. The molecule has 1 fully saturated rings. The van der Waals surface area contributed by atoms with Gasteiger partial charge in [0.05, 0.1) is 20.1 Å². The Balaban J connectivity index is 1.89. The average molecular weight is 350 g/mol. The minimum Gasteiger partial charge on any atom is -0.497 e. The number of nitrogens with one attached hydrogen (secondary N) is 1. The summed E-state index contributed by atoms with van der Waals surface area (Å²) >= 11 is 0. The topological polar surface area (TPSA) is 88.1 Å². The van der Waals surface area contributed by atoms with Crippen molar-refractivity contribution in [3.8, 4) is 11.5 Å². The Morgan fingerprint density at radius 1 is 1.32 bits per heavy atom. The summed E-state index contributed by atoms with van der Waals surface area (Å²) in [6, 6.07) is 5.31. The van der Waals surface area contributed by atoms with Gasteiger partial charge in [0.2, 0.25) is 0 Å². The second-order valence-electron chi connectivity index (χ2n) is 6.32. The maximum Gasteiger partial charge on any atom is 0.317 e. The number of carbonyl (C=O) groups is 2. The molecule has 0 radical (unpaired) electrons. The van der Waals surface area contributed by atoms with Crippen molar-refractivity contribution >= 4 is 12.0 Å². The van der Waals surface area contributed by atoms with E-state index in [-0.39, 0.29) is 18.5 Å². The lowest BCUT2D eigenvalue weighted by molar-refractivity contribution is -0.145. The maximum absolute atomic E-state index is 12.3. The summed E-state index contributed by atoms with van der Waals surface area (Å²) in [5.74, 6) is 0.218. The molecule has 7 nitrogen and oxygen atoms in total. The van der Waals surface area contributed by atoms with E-state index in [1.54, 1.807) is 19.1 Å². The summed E-state index contributed by atoms with van der Waals surface area (Å²) in [7, 11) is 3.20. The third kappa shape index (κ3) is 4.78. The average Bonchev–Trinajstić information content (AvgIpc) is 2.61. The minimum absolute atomic E-state index is 0.0857. The van der Waals surface area contributed by atoms with Gasteiger partial charge in [0.25, 0.3) is 0 Å². The van der Waals surface area contributed by atoms with Crippen LogP contribution in [0, 0.1) is 11.8 Å². The number of rotatable bonds is 6. The Hall–Kier alpha value is -2.44. The highest BCUT2D eigenvalue weighted by molar-refractivity contribution is 5.76. The van der Waals surface area contributed by atoms with Gasteiger partial charge >= 0.3 is 12.0 Å². The predicted octanol–water partition coefficient (Wildman–Crippen LogP) is 2.00. The molecule has 7 heteroatoms. The number of ether oxygens (including phenoxy) is 2. The summed E-state index contributed by atoms with van der Waals surface area (Å²) in [6.45, 7) is 3.19. The van der Waals surface area contributed by atoms with Gasteiger partial charge in [0.1, 0.15) is 11.5 Å². The molecule has 2 rings (SSSR count). The van der Waals surface area contributed by atoms with Gasteiger partial charge in [0, 0.05) is 19.6 Å². The zero-order valence-corrected chi connectivity index (χ0v) is 14.9. The van der Waals surface area contributed by atoms with Crippen LogP contribution in [0.25, 0.3) is 0 Å². The fourth-order valence-corrected chi connectivity index (χ4v) is 3.07. The van der Waals surface area contributed by atoms with E-state index in [0.29, 0.717) is 25.9 Å². The third-order valence-electron chi connectivity index (χ3n) is 4.72. The van der Waals surface area contributed by atoms with Crippen molar-refractivity contribution in [2.24, 2.45) is 11.8 Å². The van der Waals surface area contributed by atoms with Gasteiger partial charge in [0.15, 0.2) is 0 Å². The summed E-state index contributed by atoms with van der Waals surface area (Å²) in [4.78, 5) is 25.2. The normalized spacial score (nSPS) is 20.0. The number of aliphatic carboxylic acids is 1. The zero-order valence-electron chi connectivity index (χ0n) is 14.9. The lowest BCUT2D eigenvalue weighted by Crippen LogP contribution is -2.49. The highest BCUT2D eigenvalue weighted by Gasteiger charge is 2.33. The Bertz CT molecular complexity index is 619. The molecule has 25 heavy (non-hydrogen) atoms. The van der Waals surface area contributed by atoms with Gasteiger partial charge in [-0.1, -0.05) is 6.92 Å². The molecule has 2 unspecified atom stereocenters. The number of amides is 2. The van der Waals surface area contributed by atoms with Gasteiger partial charge in [-0.25, -0.2) is 4.79 Å². The van der Waals surface area contributed by atoms with E-state index in [1.807, 2.05) is 25.1 Å². The van der Waals surface area contributed by atoms with Crippen LogP contribution >= 0.6 is 0 Å². The lowest BCUT2D eigenvalue weighted by atomic mass is 9.87. The van der Waals surface area contributed by atoms with E-state index in [1.165, 1.54) is 0 Å². The van der Waals surface area contributed by atoms with Crippen LogP contribution in [0.4, 0.5) is 4.79 Å². The molecule has 1 heterocycles. The molecule has 1 aromatic carbocycles. The first-order chi connectivity index (χ1) is 12.0. The minimum atomic E-state index is -0.842. The zero-order chi connectivity index (χ0) is 18.4. The summed E-state index contributed by atoms with van der Waals surface area (Å²) in [5, 5.41) is 12.1. The van der Waals surface area contributed by atoms with Crippen molar-refractivity contribution in [1.29, 1.82) is 0 Å². The summed E-state index contributed by atoms with van der Waals surface area (Å²) in [6.07, 6.45) is 1.30. The van der Waals surface area contributed by atoms with Crippen LogP contribution in [0.2, 0.25) is 0 Å². The molecular weight excluding hydrogens is 324 g/mol. The quantitative estimate of drug-likeness (QED) is 0.819. The first-order valence-electron chi connectivity index (χ1n) is 8.42. The van der Waals surface area contributed by atoms with Crippen LogP contribution in [0.3, 0.4) is 0 Å². The Morgan fingerprint density at radius 2 is 2.08 bits per heavy atom. The Labute approximate surface area is 147 Å². The molecule has 0 aliphatic carbocycles. The molecular formula is C18H26N2O5. The van der Waals surface area contributed by atoms with Gasteiger partial charge < -0.3 is 24.8 Å². The fourth-order valence-electron chi connectivity index (χ4n) is 3.07. The van der Waals surface area contributed by atoms with E-state index in [0.717, 1.165) is 17.1 Å². The monoisotopic (exact) mass is 350 g/mol. The van der Waals surface area contributed by atoms with Crippen LogP contribution in [0.5, 0.6) is 11.5 Å². The van der Waals surface area contributed by atoms with Gasteiger partial charge in [-0.3, -0.25) is 4.79 Å². The van der Waals surface area contributed by atoms with Crippen LogP contribution in [-0.4, -0.2) is 55.9 Å². The molecule has 1 aliphatic heterocycles. The molecule has 0 saturated carbocycles. The second kappa shape index (κ2) is 8.60. The number of benzene rings is 1. The summed E-state index contributed by atoms with van der Waals surface area (Å²) < 4.78 is 10.5. The van der Waals surface area contributed by atoms with Crippen LogP contribution < -0.4 is 14.8 Å². The largest absolute Gasteiger partial charge is 0.497 e. The Kier molecular flexibility index (Phi) is 6.50. The highest BCUT2D eigenvalue weighted by Crippen LogP contribution is 2.25. The van der Waals surface area contributed by atoms with E-state index in [2.05, 4.69) is 5.32 Å². The number of carboxylic acid groups (broad SMARTS) is 1. The third-order valence-corrected chi connectivity index (χ3v) is 4.72. The second-order valence-corrected chi connectivity index (χ2v) is 6.32. The number of carbonyl (C=O) groups excluding carboxylic acids is 1. The molecule has 1 saturated heterocycles. The maximum atomic E-state index is 12.3. The van der Waals surface area contributed by atoms with Gasteiger partial charge in [-0.15, -0.1) is 0 Å². The van der Waals surface area contributed by atoms with E-state index >= 15 is 0 Å². The summed E-state index contributed by atoms with van der Waals surface area (Å²) in [5.41, 5.74) is 0.942. The van der Waals surface area contributed by atoms with E-state index in [9.17, 15) is 14.7 Å². The molecule has 2 amide bonds. The van der Waals surface area contributed by atoms with Crippen molar-refractivity contribution < 1.29 is 24.2 Å². The highest BCUT2D eigenvalue weighted by atomic mass is 16.5.